The van der Waals surface area contributed by atoms with Gasteiger partial charge in [0.15, 0.2) is 0 Å². The molecule has 0 spiro atoms. The van der Waals surface area contributed by atoms with Gasteiger partial charge in [0.2, 0.25) is 5.91 Å². The molecule has 0 aromatic heterocycles. The molecule has 6 heteroatoms. The van der Waals surface area contributed by atoms with Gasteiger partial charge >= 0.3 is 5.97 Å². The third kappa shape index (κ3) is 3.97. The highest BCUT2D eigenvalue weighted by Crippen LogP contribution is 2.27. The summed E-state index contributed by atoms with van der Waals surface area (Å²) >= 11 is 11.8. The van der Waals surface area contributed by atoms with Crippen molar-refractivity contribution in [2.45, 2.75) is 6.92 Å². The van der Waals surface area contributed by atoms with Crippen LogP contribution in [0.1, 0.15) is 17.3 Å². The molecule has 0 atom stereocenters. The Morgan fingerprint density at radius 1 is 1.10 bits per heavy atom. The number of esters is 1. The number of carbonyl (C=O) groups is 2. The zero-order valence-corrected chi connectivity index (χ0v) is 12.5. The summed E-state index contributed by atoms with van der Waals surface area (Å²) in [6, 6.07) is 11.2. The molecular formula is C15H11Cl2NO3. The van der Waals surface area contributed by atoms with Crippen molar-refractivity contribution in [3.63, 3.8) is 0 Å². The Morgan fingerprint density at radius 3 is 2.52 bits per heavy atom. The van der Waals surface area contributed by atoms with Crippen molar-refractivity contribution in [2.75, 3.05) is 5.32 Å². The number of rotatable bonds is 3. The van der Waals surface area contributed by atoms with Crippen molar-refractivity contribution in [3.8, 4) is 5.75 Å². The van der Waals surface area contributed by atoms with Crippen LogP contribution in [0.5, 0.6) is 5.75 Å². The molecule has 4 nitrogen and oxygen atoms in total. The van der Waals surface area contributed by atoms with Crippen molar-refractivity contribution in [1.29, 1.82) is 0 Å². The number of carbonyl (C=O) groups excluding carboxylic acids is 2. The highest BCUT2D eigenvalue weighted by Gasteiger charge is 2.15. The average Bonchev–Trinajstić information content (AvgIpc) is 2.41. The van der Waals surface area contributed by atoms with Gasteiger partial charge in [0.25, 0.3) is 0 Å². The minimum atomic E-state index is -0.623. The molecule has 0 saturated carbocycles. The second-order valence-electron chi connectivity index (χ2n) is 4.20. The molecule has 0 aliphatic carbocycles. The van der Waals surface area contributed by atoms with Crippen molar-refractivity contribution in [1.82, 2.24) is 0 Å². The highest BCUT2D eigenvalue weighted by atomic mass is 35.5. The first-order chi connectivity index (χ1) is 9.97. The normalized spacial score (nSPS) is 10.0. The van der Waals surface area contributed by atoms with Gasteiger partial charge in [-0.1, -0.05) is 35.3 Å². The Hall–Kier alpha value is -2.04. The lowest BCUT2D eigenvalue weighted by molar-refractivity contribution is -0.114. The molecule has 0 unspecified atom stereocenters. The van der Waals surface area contributed by atoms with E-state index >= 15 is 0 Å². The molecule has 21 heavy (non-hydrogen) atoms. The van der Waals surface area contributed by atoms with E-state index in [1.807, 2.05) is 0 Å². The van der Waals surface area contributed by atoms with Gasteiger partial charge in [-0.15, -0.1) is 0 Å². The molecule has 2 aromatic carbocycles. The lowest BCUT2D eigenvalue weighted by Gasteiger charge is -2.08. The maximum atomic E-state index is 12.1. The summed E-state index contributed by atoms with van der Waals surface area (Å²) in [4.78, 5) is 23.1. The number of benzene rings is 2. The topological polar surface area (TPSA) is 55.4 Å². The lowest BCUT2D eigenvalue weighted by atomic mass is 10.2. The third-order valence-corrected chi connectivity index (χ3v) is 3.36. The number of hydrogen-bond acceptors (Lipinski definition) is 3. The Bertz CT molecular complexity index is 701. The van der Waals surface area contributed by atoms with Crippen molar-refractivity contribution >= 4 is 40.8 Å². The van der Waals surface area contributed by atoms with Crippen LogP contribution in [-0.2, 0) is 4.79 Å². The summed E-state index contributed by atoms with van der Waals surface area (Å²) in [6.45, 7) is 1.39. The fourth-order valence-electron chi connectivity index (χ4n) is 1.66. The van der Waals surface area contributed by atoms with Crippen molar-refractivity contribution in [3.05, 3.63) is 58.1 Å². The Morgan fingerprint density at radius 2 is 1.81 bits per heavy atom. The maximum absolute atomic E-state index is 12.1. The molecule has 1 N–H and O–H groups in total. The number of hydrogen-bond donors (Lipinski definition) is 1. The third-order valence-electron chi connectivity index (χ3n) is 2.54. The minimum Gasteiger partial charge on any atom is -0.423 e. The first kappa shape index (κ1) is 15.4. The van der Waals surface area contributed by atoms with Crippen LogP contribution in [0.4, 0.5) is 5.69 Å². The summed E-state index contributed by atoms with van der Waals surface area (Å²) in [6.07, 6.45) is 0. The molecule has 2 rings (SSSR count). The van der Waals surface area contributed by atoms with Crippen LogP contribution in [0.3, 0.4) is 0 Å². The maximum Gasteiger partial charge on any atom is 0.345 e. The van der Waals surface area contributed by atoms with Crippen LogP contribution < -0.4 is 10.1 Å². The second-order valence-corrected chi connectivity index (χ2v) is 4.99. The van der Waals surface area contributed by atoms with E-state index in [4.69, 9.17) is 27.9 Å². The molecule has 0 heterocycles. The van der Waals surface area contributed by atoms with E-state index in [0.29, 0.717) is 11.4 Å². The number of anilines is 1. The SMILES string of the molecule is CC(=O)Nc1cccc(OC(=O)c2cccc(Cl)c2Cl)c1. The van der Waals surface area contributed by atoms with Gasteiger partial charge in [-0.3, -0.25) is 4.79 Å². The van der Waals surface area contributed by atoms with Crippen LogP contribution in [0.15, 0.2) is 42.5 Å². The molecule has 0 aliphatic heterocycles. The number of halogens is 2. The summed E-state index contributed by atoms with van der Waals surface area (Å²) in [5.74, 6) is -0.541. The standard InChI is InChI=1S/C15H11Cl2NO3/c1-9(19)18-10-4-2-5-11(8-10)21-15(20)12-6-3-7-13(16)14(12)17/h2-8H,1H3,(H,18,19). The minimum absolute atomic E-state index is 0.141. The molecule has 2 aromatic rings. The van der Waals surface area contributed by atoms with E-state index in [9.17, 15) is 9.59 Å². The quantitative estimate of drug-likeness (QED) is 0.681. The van der Waals surface area contributed by atoms with Gasteiger partial charge in [-0.05, 0) is 24.3 Å². The van der Waals surface area contributed by atoms with E-state index in [1.54, 1.807) is 30.3 Å². The van der Waals surface area contributed by atoms with Crippen molar-refractivity contribution in [2.24, 2.45) is 0 Å². The van der Waals surface area contributed by atoms with Crippen LogP contribution >= 0.6 is 23.2 Å². The van der Waals surface area contributed by atoms with E-state index in [-0.39, 0.29) is 21.5 Å². The first-order valence-corrected chi connectivity index (χ1v) is 6.77. The molecule has 0 aliphatic rings. The molecule has 1 amide bonds. The van der Waals surface area contributed by atoms with Gasteiger partial charge in [-0.2, -0.15) is 0 Å². The summed E-state index contributed by atoms with van der Waals surface area (Å²) in [7, 11) is 0. The smallest absolute Gasteiger partial charge is 0.345 e. The highest BCUT2D eigenvalue weighted by molar-refractivity contribution is 6.43. The first-order valence-electron chi connectivity index (χ1n) is 6.01. The van der Waals surface area contributed by atoms with Gasteiger partial charge in [0, 0.05) is 18.7 Å². The van der Waals surface area contributed by atoms with Crippen molar-refractivity contribution < 1.29 is 14.3 Å². The number of amides is 1. The van der Waals surface area contributed by atoms with E-state index in [2.05, 4.69) is 5.32 Å². The largest absolute Gasteiger partial charge is 0.423 e. The monoisotopic (exact) mass is 323 g/mol. The fraction of sp³-hybridized carbons (Fsp3) is 0.0667. The second kappa shape index (κ2) is 6.61. The molecule has 0 saturated heterocycles. The average molecular weight is 324 g/mol. The Balaban J connectivity index is 2.20. The number of nitrogens with one attached hydrogen (secondary N) is 1. The predicted octanol–water partition coefficient (Wildman–Crippen LogP) is 4.17. The lowest BCUT2D eigenvalue weighted by Crippen LogP contribution is -2.10. The summed E-state index contributed by atoms with van der Waals surface area (Å²) in [5.41, 5.74) is 0.707. The van der Waals surface area contributed by atoms with Crippen LogP contribution in [0, 0.1) is 0 Å². The van der Waals surface area contributed by atoms with Gasteiger partial charge in [-0.25, -0.2) is 4.79 Å². The summed E-state index contributed by atoms with van der Waals surface area (Å²) in [5, 5.41) is 3.02. The van der Waals surface area contributed by atoms with Gasteiger partial charge in [0.1, 0.15) is 5.75 Å². The number of ether oxygens (including phenoxy) is 1. The predicted molar refractivity (Wildman–Crippen MR) is 82.2 cm³/mol. The van der Waals surface area contributed by atoms with Gasteiger partial charge < -0.3 is 10.1 Å². The van der Waals surface area contributed by atoms with E-state index < -0.39 is 5.97 Å². The van der Waals surface area contributed by atoms with Crippen LogP contribution in [0.25, 0.3) is 0 Å². The molecule has 0 radical (unpaired) electrons. The Kier molecular flexibility index (Phi) is 4.83. The molecular weight excluding hydrogens is 313 g/mol. The van der Waals surface area contributed by atoms with Crippen LogP contribution in [-0.4, -0.2) is 11.9 Å². The van der Waals surface area contributed by atoms with E-state index in [0.717, 1.165) is 0 Å². The zero-order valence-electron chi connectivity index (χ0n) is 11.0. The van der Waals surface area contributed by atoms with E-state index in [1.165, 1.54) is 19.1 Å². The van der Waals surface area contributed by atoms with Crippen LogP contribution in [0.2, 0.25) is 10.0 Å². The zero-order chi connectivity index (χ0) is 15.4. The Labute approximate surface area is 131 Å². The summed E-state index contributed by atoms with van der Waals surface area (Å²) < 4.78 is 5.23. The molecule has 108 valence electrons. The van der Waals surface area contributed by atoms with Gasteiger partial charge in [0.05, 0.1) is 15.6 Å². The molecule has 0 fully saturated rings. The fourth-order valence-corrected chi connectivity index (χ4v) is 2.04. The molecule has 0 bridgehead atoms.